The molecule has 1 saturated heterocycles. The maximum Gasteiger partial charge on any atom is 0.224 e. The Bertz CT molecular complexity index is 215. The lowest BCUT2D eigenvalue weighted by Gasteiger charge is -2.32. The molecular weight excluding hydrogens is 166 g/mol. The summed E-state index contributed by atoms with van der Waals surface area (Å²) in [5.74, 6) is 0.587. The van der Waals surface area contributed by atoms with Crippen molar-refractivity contribution >= 4 is 11.7 Å². The van der Waals surface area contributed by atoms with Crippen LogP contribution in [0.15, 0.2) is 0 Å². The number of carbonyl (C=O) groups is 1. The summed E-state index contributed by atoms with van der Waals surface area (Å²) in [6.07, 6.45) is 2.41. The molecule has 3 N–H and O–H groups in total. The monoisotopic (exact) mass is 183 g/mol. The van der Waals surface area contributed by atoms with E-state index in [4.69, 9.17) is 11.1 Å². The number of piperidine rings is 1. The number of amides is 1. The topological polar surface area (TPSA) is 70.2 Å². The van der Waals surface area contributed by atoms with Gasteiger partial charge in [0, 0.05) is 13.1 Å². The number of carbonyl (C=O) groups excluding carboxylic acids is 1. The van der Waals surface area contributed by atoms with Crippen LogP contribution in [0, 0.1) is 11.3 Å². The van der Waals surface area contributed by atoms with Gasteiger partial charge in [0.1, 0.15) is 5.84 Å². The van der Waals surface area contributed by atoms with Gasteiger partial charge in [0.15, 0.2) is 0 Å². The van der Waals surface area contributed by atoms with Gasteiger partial charge in [-0.2, -0.15) is 0 Å². The summed E-state index contributed by atoms with van der Waals surface area (Å²) in [5.41, 5.74) is 5.03. The summed E-state index contributed by atoms with van der Waals surface area (Å²) in [6.45, 7) is 3.96. The summed E-state index contributed by atoms with van der Waals surface area (Å²) < 4.78 is 0. The third kappa shape index (κ3) is 3.05. The lowest BCUT2D eigenvalue weighted by molar-refractivity contribution is -0.117. The van der Waals surface area contributed by atoms with Crippen LogP contribution in [0.5, 0.6) is 0 Å². The van der Waals surface area contributed by atoms with Crippen LogP contribution in [-0.4, -0.2) is 29.7 Å². The van der Waals surface area contributed by atoms with E-state index in [0.29, 0.717) is 11.8 Å². The Balaban J connectivity index is 2.41. The second kappa shape index (κ2) is 4.25. The number of primary amides is 1. The standard InChI is InChI=1S/C9H17N3O/c1-7-3-2-4-12(6-7)8(10)5-9(11)13/h7,10H,2-6H2,1H3,(H2,11,13). The van der Waals surface area contributed by atoms with Crippen LogP contribution in [0.3, 0.4) is 0 Å². The van der Waals surface area contributed by atoms with Crippen LogP contribution in [0.2, 0.25) is 0 Å². The van der Waals surface area contributed by atoms with Gasteiger partial charge in [-0.3, -0.25) is 10.2 Å². The average Bonchev–Trinajstić information content (AvgIpc) is 2.03. The van der Waals surface area contributed by atoms with Gasteiger partial charge >= 0.3 is 0 Å². The molecular formula is C9H17N3O. The molecule has 4 nitrogen and oxygen atoms in total. The summed E-state index contributed by atoms with van der Waals surface area (Å²) in [6, 6.07) is 0. The fraction of sp³-hybridized carbons (Fsp3) is 0.778. The Kier molecular flexibility index (Phi) is 3.28. The van der Waals surface area contributed by atoms with Crippen molar-refractivity contribution in [1.82, 2.24) is 4.90 Å². The molecule has 74 valence electrons. The molecule has 0 aromatic rings. The van der Waals surface area contributed by atoms with E-state index >= 15 is 0 Å². The zero-order chi connectivity index (χ0) is 9.84. The fourth-order valence-corrected chi connectivity index (χ4v) is 1.71. The van der Waals surface area contributed by atoms with Crippen molar-refractivity contribution in [3.05, 3.63) is 0 Å². The normalized spacial score (nSPS) is 22.8. The van der Waals surface area contributed by atoms with Gasteiger partial charge in [0.05, 0.1) is 6.42 Å². The van der Waals surface area contributed by atoms with Crippen molar-refractivity contribution in [1.29, 1.82) is 5.41 Å². The molecule has 1 aliphatic rings. The highest BCUT2D eigenvalue weighted by molar-refractivity contribution is 5.97. The lowest BCUT2D eigenvalue weighted by Crippen LogP contribution is -2.40. The molecule has 1 unspecified atom stereocenters. The highest BCUT2D eigenvalue weighted by Crippen LogP contribution is 2.15. The van der Waals surface area contributed by atoms with Crippen LogP contribution in [-0.2, 0) is 4.79 Å². The van der Waals surface area contributed by atoms with Crippen LogP contribution in [0.1, 0.15) is 26.2 Å². The van der Waals surface area contributed by atoms with Crippen LogP contribution < -0.4 is 5.73 Å². The predicted molar refractivity (Wildman–Crippen MR) is 51.5 cm³/mol. The Morgan fingerprint density at radius 2 is 2.38 bits per heavy atom. The number of hydrogen-bond donors (Lipinski definition) is 2. The van der Waals surface area contributed by atoms with Crippen LogP contribution >= 0.6 is 0 Å². The Hall–Kier alpha value is -1.06. The first kappa shape index (κ1) is 10.0. The SMILES string of the molecule is CC1CCCN(C(=N)CC(N)=O)C1. The number of amidine groups is 1. The molecule has 0 aromatic carbocycles. The highest BCUT2D eigenvalue weighted by atomic mass is 16.1. The molecule has 1 fully saturated rings. The van der Waals surface area contributed by atoms with Gasteiger partial charge in [-0.05, 0) is 18.8 Å². The molecule has 0 radical (unpaired) electrons. The molecule has 1 amide bonds. The third-order valence-electron chi connectivity index (χ3n) is 2.38. The van der Waals surface area contributed by atoms with Crippen molar-refractivity contribution in [2.24, 2.45) is 11.7 Å². The van der Waals surface area contributed by atoms with Gasteiger partial charge in [0.2, 0.25) is 5.91 Å². The summed E-state index contributed by atoms with van der Waals surface area (Å²) in [5, 5.41) is 7.63. The smallest absolute Gasteiger partial charge is 0.224 e. The second-order valence-electron chi connectivity index (χ2n) is 3.78. The Morgan fingerprint density at radius 1 is 1.69 bits per heavy atom. The third-order valence-corrected chi connectivity index (χ3v) is 2.38. The molecule has 13 heavy (non-hydrogen) atoms. The molecule has 1 atom stereocenters. The molecule has 0 saturated carbocycles. The first-order valence-electron chi connectivity index (χ1n) is 4.70. The molecule has 1 aliphatic heterocycles. The first-order valence-corrected chi connectivity index (χ1v) is 4.70. The van der Waals surface area contributed by atoms with Crippen molar-refractivity contribution in [2.45, 2.75) is 26.2 Å². The molecule has 0 spiro atoms. The minimum absolute atomic E-state index is 0.0761. The summed E-state index contributed by atoms with van der Waals surface area (Å²) in [7, 11) is 0. The predicted octanol–water partition coefficient (Wildman–Crippen LogP) is 0.571. The van der Waals surface area contributed by atoms with Gasteiger partial charge in [-0.1, -0.05) is 6.92 Å². The largest absolute Gasteiger partial charge is 0.369 e. The van der Waals surface area contributed by atoms with E-state index in [2.05, 4.69) is 6.92 Å². The minimum Gasteiger partial charge on any atom is -0.369 e. The maximum atomic E-state index is 10.6. The van der Waals surface area contributed by atoms with Gasteiger partial charge in [-0.15, -0.1) is 0 Å². The second-order valence-corrected chi connectivity index (χ2v) is 3.78. The lowest BCUT2D eigenvalue weighted by atomic mass is 10.00. The molecule has 1 rings (SSSR count). The molecule has 1 heterocycles. The number of nitrogens with zero attached hydrogens (tertiary/aromatic N) is 1. The molecule has 0 bridgehead atoms. The number of hydrogen-bond acceptors (Lipinski definition) is 2. The Labute approximate surface area is 78.6 Å². The van der Waals surface area contributed by atoms with Gasteiger partial charge in [-0.25, -0.2) is 0 Å². The number of nitrogens with one attached hydrogen (secondary N) is 1. The number of rotatable bonds is 2. The minimum atomic E-state index is -0.414. The fourth-order valence-electron chi connectivity index (χ4n) is 1.71. The van der Waals surface area contributed by atoms with E-state index in [-0.39, 0.29) is 6.42 Å². The van der Waals surface area contributed by atoms with Crippen molar-refractivity contribution in [3.8, 4) is 0 Å². The summed E-state index contributed by atoms with van der Waals surface area (Å²) >= 11 is 0. The van der Waals surface area contributed by atoms with Gasteiger partial charge < -0.3 is 10.6 Å². The van der Waals surface area contributed by atoms with E-state index in [0.717, 1.165) is 19.5 Å². The van der Waals surface area contributed by atoms with Gasteiger partial charge in [0.25, 0.3) is 0 Å². The zero-order valence-electron chi connectivity index (χ0n) is 8.05. The van der Waals surface area contributed by atoms with E-state index in [1.54, 1.807) is 0 Å². The summed E-state index contributed by atoms with van der Waals surface area (Å²) in [4.78, 5) is 12.5. The zero-order valence-corrected chi connectivity index (χ0v) is 8.05. The van der Waals surface area contributed by atoms with E-state index in [1.807, 2.05) is 4.90 Å². The maximum absolute atomic E-state index is 10.6. The van der Waals surface area contributed by atoms with Crippen molar-refractivity contribution < 1.29 is 4.79 Å². The average molecular weight is 183 g/mol. The van der Waals surface area contributed by atoms with E-state index in [9.17, 15) is 4.79 Å². The van der Waals surface area contributed by atoms with E-state index in [1.165, 1.54) is 6.42 Å². The quantitative estimate of drug-likeness (QED) is 0.485. The van der Waals surface area contributed by atoms with Crippen molar-refractivity contribution in [3.63, 3.8) is 0 Å². The van der Waals surface area contributed by atoms with Crippen molar-refractivity contribution in [2.75, 3.05) is 13.1 Å². The molecule has 0 aromatic heterocycles. The van der Waals surface area contributed by atoms with Crippen LogP contribution in [0.4, 0.5) is 0 Å². The Morgan fingerprint density at radius 3 is 2.92 bits per heavy atom. The molecule has 4 heteroatoms. The molecule has 0 aliphatic carbocycles. The first-order chi connectivity index (χ1) is 6.09. The van der Waals surface area contributed by atoms with Crippen LogP contribution in [0.25, 0.3) is 0 Å². The van der Waals surface area contributed by atoms with E-state index < -0.39 is 5.91 Å². The number of nitrogens with two attached hydrogens (primary N) is 1. The number of likely N-dealkylation sites (tertiary alicyclic amines) is 1. The highest BCUT2D eigenvalue weighted by Gasteiger charge is 2.19.